The highest BCUT2D eigenvalue weighted by atomic mass is 79.9. The van der Waals surface area contributed by atoms with Gasteiger partial charge in [0.25, 0.3) is 5.69 Å². The molecule has 0 saturated carbocycles. The second kappa shape index (κ2) is 8.93. The van der Waals surface area contributed by atoms with Crippen LogP contribution < -0.4 is 15.6 Å². The lowest BCUT2D eigenvalue weighted by molar-refractivity contribution is -0.384. The second-order valence-corrected chi connectivity index (χ2v) is 7.65. The van der Waals surface area contributed by atoms with Gasteiger partial charge in [0, 0.05) is 35.9 Å². The highest BCUT2D eigenvalue weighted by molar-refractivity contribution is 9.10. The Morgan fingerprint density at radius 2 is 1.78 bits per heavy atom. The smallest absolute Gasteiger partial charge is 0.293 e. The average molecular weight is 498 g/mol. The topological polar surface area (TPSA) is 148 Å². The molecule has 2 N–H and O–H groups in total. The maximum atomic E-state index is 11.4. The molecule has 2 aromatic heterocycles. The van der Waals surface area contributed by atoms with Crippen LogP contribution in [0.1, 0.15) is 5.56 Å². The first kappa shape index (κ1) is 21.1. The zero-order valence-electron chi connectivity index (χ0n) is 16.9. The molecule has 13 heteroatoms. The summed E-state index contributed by atoms with van der Waals surface area (Å²) in [5, 5.41) is 26.1. The minimum atomic E-state index is -0.433. The van der Waals surface area contributed by atoms with Crippen molar-refractivity contribution in [1.29, 1.82) is 0 Å². The lowest BCUT2D eigenvalue weighted by Gasteiger charge is -2.12. The Morgan fingerprint density at radius 3 is 2.44 bits per heavy atom. The fraction of sp³-hybridized carbons (Fsp3) is 0.105. The molecule has 162 valence electrons. The van der Waals surface area contributed by atoms with Crippen LogP contribution in [0.2, 0.25) is 0 Å². The molecule has 0 amide bonds. The monoisotopic (exact) mass is 497 g/mol. The minimum Gasteiger partial charge on any atom is -0.372 e. The number of nitrogens with one attached hydrogen (secondary N) is 2. The molecule has 0 aliphatic heterocycles. The molecule has 0 radical (unpaired) electrons. The zero-order valence-corrected chi connectivity index (χ0v) is 18.4. The summed E-state index contributed by atoms with van der Waals surface area (Å²) in [6, 6.07) is 12.3. The molecule has 0 aliphatic rings. The van der Waals surface area contributed by atoms with Crippen LogP contribution >= 0.6 is 15.9 Å². The number of hydrogen-bond acceptors (Lipinski definition) is 11. The summed E-state index contributed by atoms with van der Waals surface area (Å²) < 4.78 is 5.62. The number of nitro benzene ring substituents is 1. The van der Waals surface area contributed by atoms with Crippen LogP contribution in [-0.4, -0.2) is 45.5 Å². The standard InChI is InChI=1S/C19H16BrN9O3/c1-28(2)14-8-3-11(9-15(14)29(30)31)10-21-25-17-16(22-13-6-4-12(20)5-7-13)23-18-19(24-17)27-32-26-18/h3-10H,1-2H3,(H,22,23,26)(H,24,25,27)/b21-10+. The van der Waals surface area contributed by atoms with Gasteiger partial charge in [-0.25, -0.2) is 9.61 Å². The highest BCUT2D eigenvalue weighted by Gasteiger charge is 2.16. The van der Waals surface area contributed by atoms with Gasteiger partial charge in [0.05, 0.1) is 11.1 Å². The van der Waals surface area contributed by atoms with E-state index in [1.807, 2.05) is 24.3 Å². The lowest BCUT2D eigenvalue weighted by atomic mass is 10.2. The Balaban J connectivity index is 1.61. The van der Waals surface area contributed by atoms with Crippen LogP contribution in [0.4, 0.5) is 28.7 Å². The number of halogens is 1. The molecule has 4 aromatic rings. The van der Waals surface area contributed by atoms with E-state index < -0.39 is 4.92 Å². The molecule has 0 aliphatic carbocycles. The Morgan fingerprint density at radius 1 is 1.09 bits per heavy atom. The number of hydrogen-bond donors (Lipinski definition) is 2. The first-order chi connectivity index (χ1) is 15.4. The molecule has 0 fully saturated rings. The number of fused-ring (bicyclic) bond motifs is 1. The van der Waals surface area contributed by atoms with Gasteiger partial charge in [-0.2, -0.15) is 10.1 Å². The SMILES string of the molecule is CN(C)c1ccc(/C=N/Nc2nc3nonc3nc2Nc2ccc(Br)cc2)cc1[N+](=O)[O-]. The van der Waals surface area contributed by atoms with Crippen molar-refractivity contribution < 1.29 is 9.55 Å². The van der Waals surface area contributed by atoms with E-state index in [0.717, 1.165) is 10.2 Å². The molecular formula is C19H16BrN9O3. The summed E-state index contributed by atoms with van der Waals surface area (Å²) in [6.45, 7) is 0. The van der Waals surface area contributed by atoms with E-state index in [-0.39, 0.29) is 22.8 Å². The van der Waals surface area contributed by atoms with Gasteiger partial charge in [-0.15, -0.1) is 0 Å². The van der Waals surface area contributed by atoms with Gasteiger partial charge >= 0.3 is 0 Å². The van der Waals surface area contributed by atoms with Crippen molar-refractivity contribution in [3.63, 3.8) is 0 Å². The first-order valence-corrected chi connectivity index (χ1v) is 9.98. The summed E-state index contributed by atoms with van der Waals surface area (Å²) in [5.74, 6) is 0.619. The Kier molecular flexibility index (Phi) is 5.89. The molecule has 32 heavy (non-hydrogen) atoms. The third kappa shape index (κ3) is 4.62. The number of anilines is 4. The first-order valence-electron chi connectivity index (χ1n) is 9.18. The quantitative estimate of drug-likeness (QED) is 0.218. The van der Waals surface area contributed by atoms with Crippen molar-refractivity contribution in [2.75, 3.05) is 29.7 Å². The Labute approximate surface area is 189 Å². The van der Waals surface area contributed by atoms with E-state index in [9.17, 15) is 10.1 Å². The predicted molar refractivity (Wildman–Crippen MR) is 123 cm³/mol. The molecule has 2 aromatic carbocycles. The van der Waals surface area contributed by atoms with Crippen molar-refractivity contribution in [2.24, 2.45) is 5.10 Å². The van der Waals surface area contributed by atoms with Gasteiger partial charge in [-0.05, 0) is 40.6 Å². The largest absolute Gasteiger partial charge is 0.372 e. The summed E-state index contributed by atoms with van der Waals surface area (Å²) >= 11 is 3.39. The molecule has 0 spiro atoms. The molecule has 0 saturated heterocycles. The van der Waals surface area contributed by atoms with Gasteiger partial charge in [0.1, 0.15) is 5.69 Å². The maximum Gasteiger partial charge on any atom is 0.293 e. The highest BCUT2D eigenvalue weighted by Crippen LogP contribution is 2.28. The Hall–Kier alpha value is -4.13. The summed E-state index contributed by atoms with van der Waals surface area (Å²) in [6.07, 6.45) is 1.45. The minimum absolute atomic E-state index is 0.0218. The van der Waals surface area contributed by atoms with Crippen molar-refractivity contribution in [3.05, 3.63) is 62.6 Å². The van der Waals surface area contributed by atoms with E-state index in [4.69, 9.17) is 0 Å². The van der Waals surface area contributed by atoms with Crippen LogP contribution in [0.3, 0.4) is 0 Å². The molecule has 2 heterocycles. The lowest BCUT2D eigenvalue weighted by Crippen LogP contribution is -2.11. The number of nitrogens with zero attached hydrogens (tertiary/aromatic N) is 7. The van der Waals surface area contributed by atoms with Gasteiger partial charge in [0.2, 0.25) is 11.3 Å². The fourth-order valence-electron chi connectivity index (χ4n) is 2.79. The van der Waals surface area contributed by atoms with E-state index in [1.165, 1.54) is 12.3 Å². The number of aromatic nitrogens is 4. The number of rotatable bonds is 7. The van der Waals surface area contributed by atoms with Crippen molar-refractivity contribution in [2.45, 2.75) is 0 Å². The van der Waals surface area contributed by atoms with E-state index in [0.29, 0.717) is 17.1 Å². The number of hydrazone groups is 1. The van der Waals surface area contributed by atoms with Crippen molar-refractivity contribution >= 4 is 62.1 Å². The molecule has 0 unspecified atom stereocenters. The van der Waals surface area contributed by atoms with Crippen LogP contribution in [0.5, 0.6) is 0 Å². The van der Waals surface area contributed by atoms with E-state index >= 15 is 0 Å². The zero-order chi connectivity index (χ0) is 22.7. The third-order valence-corrected chi connectivity index (χ3v) is 4.81. The van der Waals surface area contributed by atoms with Crippen LogP contribution in [0.15, 0.2) is 56.7 Å². The van der Waals surface area contributed by atoms with E-state index in [1.54, 1.807) is 31.1 Å². The van der Waals surface area contributed by atoms with Gasteiger partial charge < -0.3 is 10.2 Å². The number of nitro groups is 1. The molecular weight excluding hydrogens is 482 g/mol. The van der Waals surface area contributed by atoms with Crippen molar-refractivity contribution in [1.82, 2.24) is 20.3 Å². The van der Waals surface area contributed by atoms with Crippen LogP contribution in [-0.2, 0) is 0 Å². The molecule has 4 rings (SSSR count). The maximum absolute atomic E-state index is 11.4. The average Bonchev–Trinajstić information content (AvgIpc) is 3.22. The summed E-state index contributed by atoms with van der Waals surface area (Å²) in [4.78, 5) is 21.3. The van der Waals surface area contributed by atoms with Gasteiger partial charge in [0.15, 0.2) is 11.6 Å². The van der Waals surface area contributed by atoms with Crippen LogP contribution in [0, 0.1) is 10.1 Å². The molecule has 0 atom stereocenters. The Bertz CT molecular complexity index is 1310. The molecule has 12 nitrogen and oxygen atoms in total. The molecule has 0 bridgehead atoms. The normalized spacial score (nSPS) is 11.1. The van der Waals surface area contributed by atoms with Crippen LogP contribution in [0.25, 0.3) is 11.3 Å². The summed E-state index contributed by atoms with van der Waals surface area (Å²) in [7, 11) is 3.48. The number of benzene rings is 2. The van der Waals surface area contributed by atoms with Crippen molar-refractivity contribution in [3.8, 4) is 0 Å². The van der Waals surface area contributed by atoms with Gasteiger partial charge in [-0.3, -0.25) is 15.5 Å². The fourth-order valence-corrected chi connectivity index (χ4v) is 3.05. The summed E-state index contributed by atoms with van der Waals surface area (Å²) in [5.41, 5.74) is 5.01. The second-order valence-electron chi connectivity index (χ2n) is 6.73. The predicted octanol–water partition coefficient (Wildman–Crippen LogP) is 3.94. The van der Waals surface area contributed by atoms with Gasteiger partial charge in [-0.1, -0.05) is 22.0 Å². The van der Waals surface area contributed by atoms with E-state index in [2.05, 4.69) is 56.7 Å². The third-order valence-electron chi connectivity index (χ3n) is 4.28.